The van der Waals surface area contributed by atoms with Crippen molar-refractivity contribution in [3.05, 3.63) is 72.2 Å². The first kappa shape index (κ1) is 17.2. The fourth-order valence-corrected chi connectivity index (χ4v) is 3.96. The number of nitrogens with zero attached hydrogens (tertiary/aromatic N) is 1. The molecule has 2 heterocycles. The Labute approximate surface area is 153 Å². The predicted octanol–water partition coefficient (Wildman–Crippen LogP) is 3.48. The Balaban J connectivity index is 1.80. The number of nitrogens with one attached hydrogen (secondary N) is 2. The zero-order valence-corrected chi connectivity index (χ0v) is 14.6. The molecule has 0 saturated carbocycles. The highest BCUT2D eigenvalue weighted by Crippen LogP contribution is 2.36. The fourth-order valence-electron chi connectivity index (χ4n) is 2.79. The Morgan fingerprint density at radius 1 is 1.04 bits per heavy atom. The minimum atomic E-state index is -3.89. The smallest absolute Gasteiger partial charge is 0.266 e. The second-order valence-electron chi connectivity index (χ2n) is 5.81. The van der Waals surface area contributed by atoms with Crippen LogP contribution in [0.2, 0.25) is 0 Å². The van der Waals surface area contributed by atoms with Gasteiger partial charge in [-0.2, -0.15) is 0 Å². The molecule has 2 N–H and O–H groups in total. The molecule has 1 aliphatic heterocycles. The van der Waals surface area contributed by atoms with Gasteiger partial charge in [-0.1, -0.05) is 12.1 Å². The molecule has 0 radical (unpaired) electrons. The highest BCUT2D eigenvalue weighted by atomic mass is 32.2. The summed E-state index contributed by atoms with van der Waals surface area (Å²) in [6.45, 7) is 0.115. The first-order valence-corrected chi connectivity index (χ1v) is 9.37. The van der Waals surface area contributed by atoms with Crippen molar-refractivity contribution >= 4 is 21.7 Å². The molecule has 9 heteroatoms. The zero-order valence-electron chi connectivity index (χ0n) is 13.7. The number of rotatable bonds is 3. The van der Waals surface area contributed by atoms with Gasteiger partial charge in [0.1, 0.15) is 28.8 Å². The van der Waals surface area contributed by atoms with Gasteiger partial charge in [0.25, 0.3) is 10.0 Å². The minimum absolute atomic E-state index is 0.0109. The molecule has 0 saturated heterocycles. The highest BCUT2D eigenvalue weighted by molar-refractivity contribution is 7.90. The number of guanidine groups is 1. The molecule has 0 amide bonds. The molecular formula is C18H13F2N3O3S. The molecule has 0 fully saturated rings. The maximum absolute atomic E-state index is 13.6. The number of halogens is 2. The third-order valence-electron chi connectivity index (χ3n) is 3.94. The van der Waals surface area contributed by atoms with Crippen molar-refractivity contribution in [1.29, 1.82) is 0 Å². The third-order valence-corrected chi connectivity index (χ3v) is 5.32. The molecule has 2 aromatic carbocycles. The molecular weight excluding hydrogens is 376 g/mol. The van der Waals surface area contributed by atoms with E-state index < -0.39 is 21.7 Å². The van der Waals surface area contributed by atoms with Crippen LogP contribution in [0.1, 0.15) is 5.76 Å². The van der Waals surface area contributed by atoms with Gasteiger partial charge in [-0.15, -0.1) is 0 Å². The number of hydrogen-bond donors (Lipinski definition) is 2. The van der Waals surface area contributed by atoms with E-state index in [1.54, 1.807) is 18.2 Å². The predicted molar refractivity (Wildman–Crippen MR) is 95.6 cm³/mol. The molecule has 4 rings (SSSR count). The lowest BCUT2D eigenvalue weighted by molar-refractivity contribution is 0.512. The van der Waals surface area contributed by atoms with E-state index >= 15 is 0 Å². The van der Waals surface area contributed by atoms with E-state index in [4.69, 9.17) is 4.42 Å². The molecule has 27 heavy (non-hydrogen) atoms. The Morgan fingerprint density at radius 3 is 2.52 bits per heavy atom. The van der Waals surface area contributed by atoms with Crippen LogP contribution in [-0.4, -0.2) is 14.4 Å². The SMILES string of the molecule is O=S1(=O)NC(=NCc2ccco2)Nc2c(-c3cc(F)cc(F)c3)cccc21. The lowest BCUT2D eigenvalue weighted by Crippen LogP contribution is -2.41. The van der Waals surface area contributed by atoms with E-state index in [1.807, 2.05) is 0 Å². The molecule has 1 aliphatic rings. The van der Waals surface area contributed by atoms with Gasteiger partial charge >= 0.3 is 0 Å². The van der Waals surface area contributed by atoms with E-state index in [9.17, 15) is 17.2 Å². The van der Waals surface area contributed by atoms with Gasteiger partial charge in [-0.25, -0.2) is 26.9 Å². The van der Waals surface area contributed by atoms with Crippen LogP contribution >= 0.6 is 0 Å². The fraction of sp³-hybridized carbons (Fsp3) is 0.0556. The van der Waals surface area contributed by atoms with Gasteiger partial charge < -0.3 is 9.73 Å². The van der Waals surface area contributed by atoms with E-state index in [-0.39, 0.29) is 28.7 Å². The van der Waals surface area contributed by atoms with Crippen LogP contribution in [0.25, 0.3) is 11.1 Å². The molecule has 0 aliphatic carbocycles. The molecule has 0 spiro atoms. The molecule has 1 aromatic heterocycles. The number of furan rings is 1. The number of anilines is 1. The van der Waals surface area contributed by atoms with Crippen LogP contribution in [0.5, 0.6) is 0 Å². The summed E-state index contributed by atoms with van der Waals surface area (Å²) in [5.74, 6) is -0.977. The maximum Gasteiger partial charge on any atom is 0.266 e. The van der Waals surface area contributed by atoms with Gasteiger partial charge in [0, 0.05) is 11.6 Å². The first-order valence-electron chi connectivity index (χ1n) is 7.88. The molecule has 0 atom stereocenters. The summed E-state index contributed by atoms with van der Waals surface area (Å²) < 4.78 is 59.9. The van der Waals surface area contributed by atoms with Gasteiger partial charge in [0.05, 0.1) is 12.0 Å². The summed E-state index contributed by atoms with van der Waals surface area (Å²) in [7, 11) is -3.89. The van der Waals surface area contributed by atoms with Gasteiger partial charge in [0.2, 0.25) is 5.96 Å². The zero-order chi connectivity index (χ0) is 19.0. The van der Waals surface area contributed by atoms with Gasteiger partial charge in [0.15, 0.2) is 0 Å². The van der Waals surface area contributed by atoms with Crippen molar-refractivity contribution in [3.8, 4) is 11.1 Å². The Hall–Kier alpha value is -3.20. The second-order valence-corrected chi connectivity index (χ2v) is 7.46. The van der Waals surface area contributed by atoms with Crippen molar-refractivity contribution in [3.63, 3.8) is 0 Å². The van der Waals surface area contributed by atoms with Crippen molar-refractivity contribution in [1.82, 2.24) is 4.72 Å². The van der Waals surface area contributed by atoms with Crippen LogP contribution < -0.4 is 10.0 Å². The van der Waals surface area contributed by atoms with E-state index in [1.165, 1.54) is 18.4 Å². The third kappa shape index (κ3) is 3.41. The van der Waals surface area contributed by atoms with E-state index in [0.29, 0.717) is 11.3 Å². The van der Waals surface area contributed by atoms with Crippen molar-refractivity contribution in [2.24, 2.45) is 4.99 Å². The van der Waals surface area contributed by atoms with Crippen molar-refractivity contribution < 1.29 is 21.6 Å². The monoisotopic (exact) mass is 389 g/mol. The lowest BCUT2D eigenvalue weighted by atomic mass is 10.0. The summed E-state index contributed by atoms with van der Waals surface area (Å²) >= 11 is 0. The molecule has 3 aromatic rings. The number of sulfonamides is 1. The van der Waals surface area contributed by atoms with Crippen molar-refractivity contribution in [2.45, 2.75) is 11.4 Å². The number of para-hydroxylation sites is 1. The number of benzene rings is 2. The normalized spacial score (nSPS) is 16.4. The average molecular weight is 389 g/mol. The quantitative estimate of drug-likeness (QED) is 0.718. The molecule has 6 nitrogen and oxygen atoms in total. The highest BCUT2D eigenvalue weighted by Gasteiger charge is 2.28. The molecule has 0 bridgehead atoms. The summed E-state index contributed by atoms with van der Waals surface area (Å²) in [6.07, 6.45) is 1.49. The Bertz CT molecular complexity index is 1120. The number of aliphatic imine (C=N–C) groups is 1. The van der Waals surface area contributed by atoms with Crippen LogP contribution in [-0.2, 0) is 16.6 Å². The van der Waals surface area contributed by atoms with E-state index in [2.05, 4.69) is 15.0 Å². The number of fused-ring (bicyclic) bond motifs is 1. The molecule has 138 valence electrons. The maximum atomic E-state index is 13.6. The second kappa shape index (κ2) is 6.51. The standard InChI is InChI=1S/C18H13F2N3O3S/c19-12-7-11(8-13(20)9-12)15-4-1-5-16-17(15)22-18(23-27(16,24)25)21-10-14-3-2-6-26-14/h1-9H,10H2,(H2,21,22,23). The topological polar surface area (TPSA) is 83.7 Å². The Kier molecular flexibility index (Phi) is 4.15. The van der Waals surface area contributed by atoms with Crippen LogP contribution in [0.3, 0.4) is 0 Å². The minimum Gasteiger partial charge on any atom is -0.467 e. The largest absolute Gasteiger partial charge is 0.467 e. The summed E-state index contributed by atoms with van der Waals surface area (Å²) in [6, 6.07) is 10.9. The van der Waals surface area contributed by atoms with Gasteiger partial charge in [-0.05, 0) is 35.9 Å². The Morgan fingerprint density at radius 2 is 1.81 bits per heavy atom. The number of hydrogen-bond acceptors (Lipinski definition) is 4. The average Bonchev–Trinajstić information content (AvgIpc) is 3.12. The van der Waals surface area contributed by atoms with Gasteiger partial charge in [-0.3, -0.25) is 0 Å². The van der Waals surface area contributed by atoms with Crippen LogP contribution in [0.4, 0.5) is 14.5 Å². The summed E-state index contributed by atoms with van der Waals surface area (Å²) in [5, 5.41) is 2.89. The van der Waals surface area contributed by atoms with E-state index in [0.717, 1.165) is 18.2 Å². The first-order chi connectivity index (χ1) is 12.9. The van der Waals surface area contributed by atoms with Crippen molar-refractivity contribution in [2.75, 3.05) is 5.32 Å². The molecule has 0 unspecified atom stereocenters. The lowest BCUT2D eigenvalue weighted by Gasteiger charge is -2.24. The van der Waals surface area contributed by atoms with Crippen LogP contribution in [0, 0.1) is 11.6 Å². The summed E-state index contributed by atoms with van der Waals surface area (Å²) in [4.78, 5) is 4.12. The summed E-state index contributed by atoms with van der Waals surface area (Å²) in [5.41, 5.74) is 0.737. The van der Waals surface area contributed by atoms with Crippen LogP contribution in [0.15, 0.2) is 69.1 Å².